The molecule has 2 amide bonds. The molecular weight excluding hydrogens is 562 g/mol. The number of ether oxygens (including phenoxy) is 1. The topological polar surface area (TPSA) is 134 Å². The Bertz CT molecular complexity index is 1340. The van der Waals surface area contributed by atoms with Gasteiger partial charge in [-0.15, -0.1) is 6.42 Å². The molecule has 0 radical (unpaired) electrons. The quantitative estimate of drug-likeness (QED) is 0.249. The van der Waals surface area contributed by atoms with Crippen LogP contribution in [-0.4, -0.2) is 59.0 Å². The monoisotopic (exact) mass is 591 g/mol. The number of nitrogens with one attached hydrogen (secondary N) is 3. The van der Waals surface area contributed by atoms with E-state index in [-0.39, 0.29) is 30.2 Å². The van der Waals surface area contributed by atoms with Crippen LogP contribution in [0.15, 0.2) is 59.2 Å². The number of likely N-dealkylation sites (tertiary alicyclic amines) is 1. The van der Waals surface area contributed by atoms with Crippen LogP contribution in [0.4, 0.5) is 23.0 Å². The number of rotatable bonds is 11. The van der Waals surface area contributed by atoms with E-state index in [0.29, 0.717) is 34.5 Å². The highest BCUT2D eigenvalue weighted by atomic mass is 79.9. The van der Waals surface area contributed by atoms with Crippen molar-refractivity contribution in [1.29, 1.82) is 0 Å². The molecule has 3 aromatic rings. The Morgan fingerprint density at radius 3 is 2.51 bits per heavy atom. The highest BCUT2D eigenvalue weighted by molar-refractivity contribution is 9.10. The number of anilines is 4. The fourth-order valence-corrected chi connectivity index (χ4v) is 4.44. The maximum Gasteiger partial charge on any atom is 0.241 e. The summed E-state index contributed by atoms with van der Waals surface area (Å²) < 4.78 is 6.00. The van der Waals surface area contributed by atoms with Crippen molar-refractivity contribution in [2.24, 2.45) is 5.73 Å². The minimum Gasteiger partial charge on any atom is -0.464 e. The molecule has 202 valence electrons. The molecule has 1 aromatic heterocycles. The average Bonchev–Trinajstić information content (AvgIpc) is 3.42. The second-order valence-corrected chi connectivity index (χ2v) is 9.93. The van der Waals surface area contributed by atoms with Crippen LogP contribution in [0, 0.1) is 12.3 Å². The van der Waals surface area contributed by atoms with Gasteiger partial charge in [0.15, 0.2) is 6.61 Å². The molecular formula is C28H30BrN7O3. The van der Waals surface area contributed by atoms with E-state index in [4.69, 9.17) is 16.9 Å². The summed E-state index contributed by atoms with van der Waals surface area (Å²) in [5.41, 5.74) is 8.62. The zero-order chi connectivity index (χ0) is 27.6. The maximum atomic E-state index is 12.9. The molecule has 2 heterocycles. The van der Waals surface area contributed by atoms with Gasteiger partial charge in [0.2, 0.25) is 23.6 Å². The summed E-state index contributed by atoms with van der Waals surface area (Å²) in [6.45, 7) is 2.15. The Kier molecular flexibility index (Phi) is 9.85. The van der Waals surface area contributed by atoms with Gasteiger partial charge in [-0.25, -0.2) is 4.98 Å². The SMILES string of the molecule is C#CCOc1nc(Nc2cc(NC(=O)CN3CCCC3)cc(NC(=O)[C@@H](N)Cc3ccccc3)c2)ncc1Br. The molecule has 4 rings (SSSR count). The van der Waals surface area contributed by atoms with Gasteiger partial charge in [0.25, 0.3) is 0 Å². The number of nitrogens with two attached hydrogens (primary N) is 1. The van der Waals surface area contributed by atoms with Gasteiger partial charge >= 0.3 is 0 Å². The molecule has 11 heteroatoms. The van der Waals surface area contributed by atoms with E-state index in [1.807, 2.05) is 30.3 Å². The van der Waals surface area contributed by atoms with E-state index >= 15 is 0 Å². The first-order valence-corrected chi connectivity index (χ1v) is 13.3. The molecule has 1 saturated heterocycles. The van der Waals surface area contributed by atoms with Crippen LogP contribution in [0.5, 0.6) is 5.88 Å². The number of nitrogens with zero attached hydrogens (tertiary/aromatic N) is 3. The fraction of sp³-hybridized carbons (Fsp3) is 0.286. The van der Waals surface area contributed by atoms with Crippen LogP contribution in [0.2, 0.25) is 0 Å². The van der Waals surface area contributed by atoms with Crippen molar-refractivity contribution in [3.05, 3.63) is 64.8 Å². The molecule has 0 spiro atoms. The third-order valence-corrected chi connectivity index (χ3v) is 6.49. The van der Waals surface area contributed by atoms with Crippen molar-refractivity contribution >= 4 is 50.8 Å². The number of benzene rings is 2. The molecule has 1 fully saturated rings. The molecule has 5 N–H and O–H groups in total. The lowest BCUT2D eigenvalue weighted by molar-refractivity contribution is -0.118. The Labute approximate surface area is 235 Å². The number of carbonyl (C=O) groups excluding carboxylic acids is 2. The Morgan fingerprint density at radius 2 is 1.79 bits per heavy atom. The lowest BCUT2D eigenvalue weighted by atomic mass is 10.1. The number of aromatic nitrogens is 2. The van der Waals surface area contributed by atoms with Crippen LogP contribution in [0.25, 0.3) is 0 Å². The second-order valence-electron chi connectivity index (χ2n) is 9.08. The Morgan fingerprint density at radius 1 is 1.10 bits per heavy atom. The fourth-order valence-electron chi connectivity index (χ4n) is 4.14. The number of amides is 2. The van der Waals surface area contributed by atoms with Crippen molar-refractivity contribution in [2.45, 2.75) is 25.3 Å². The molecule has 10 nitrogen and oxygen atoms in total. The van der Waals surface area contributed by atoms with Gasteiger partial charge in [0.1, 0.15) is 0 Å². The lowest BCUT2D eigenvalue weighted by Crippen LogP contribution is -2.37. The molecule has 1 aliphatic rings. The van der Waals surface area contributed by atoms with Crippen LogP contribution < -0.4 is 26.4 Å². The zero-order valence-corrected chi connectivity index (χ0v) is 22.9. The van der Waals surface area contributed by atoms with Crippen molar-refractivity contribution in [1.82, 2.24) is 14.9 Å². The molecule has 1 atom stereocenters. The van der Waals surface area contributed by atoms with E-state index in [0.717, 1.165) is 31.5 Å². The largest absolute Gasteiger partial charge is 0.464 e. The summed E-state index contributed by atoms with van der Waals surface area (Å²) in [5, 5.41) is 8.89. The summed E-state index contributed by atoms with van der Waals surface area (Å²) >= 11 is 3.34. The number of hydrogen-bond acceptors (Lipinski definition) is 8. The molecule has 0 aliphatic carbocycles. The van der Waals surface area contributed by atoms with E-state index in [1.54, 1.807) is 18.2 Å². The Hall–Kier alpha value is -3.98. The van der Waals surface area contributed by atoms with Gasteiger partial charge in [-0.1, -0.05) is 36.3 Å². The predicted molar refractivity (Wildman–Crippen MR) is 155 cm³/mol. The first-order valence-electron chi connectivity index (χ1n) is 12.5. The van der Waals surface area contributed by atoms with E-state index < -0.39 is 6.04 Å². The number of carbonyl (C=O) groups is 2. The zero-order valence-electron chi connectivity index (χ0n) is 21.3. The first kappa shape index (κ1) is 28.0. The summed E-state index contributed by atoms with van der Waals surface area (Å²) in [4.78, 5) is 36.4. The lowest BCUT2D eigenvalue weighted by Gasteiger charge is -2.17. The summed E-state index contributed by atoms with van der Waals surface area (Å²) in [6, 6.07) is 13.9. The van der Waals surface area contributed by atoms with E-state index in [9.17, 15) is 9.59 Å². The minimum absolute atomic E-state index is 0.0486. The minimum atomic E-state index is -0.761. The molecule has 0 bridgehead atoms. The van der Waals surface area contributed by atoms with Gasteiger partial charge in [0.05, 0.1) is 23.3 Å². The predicted octanol–water partition coefficient (Wildman–Crippen LogP) is 3.54. The average molecular weight is 592 g/mol. The van der Waals surface area contributed by atoms with Crippen LogP contribution in [0.3, 0.4) is 0 Å². The van der Waals surface area contributed by atoms with Crippen LogP contribution in [-0.2, 0) is 16.0 Å². The third-order valence-electron chi connectivity index (χ3n) is 5.95. The summed E-state index contributed by atoms with van der Waals surface area (Å²) in [6.07, 6.45) is 9.39. The first-order chi connectivity index (χ1) is 18.9. The number of hydrogen-bond donors (Lipinski definition) is 4. The van der Waals surface area contributed by atoms with Crippen molar-refractivity contribution in [3.8, 4) is 18.2 Å². The molecule has 0 unspecified atom stereocenters. The third kappa shape index (κ3) is 8.51. The normalized spacial score (nSPS) is 13.8. The van der Waals surface area contributed by atoms with Gasteiger partial charge < -0.3 is 26.4 Å². The van der Waals surface area contributed by atoms with Crippen LogP contribution in [0.1, 0.15) is 18.4 Å². The van der Waals surface area contributed by atoms with Gasteiger partial charge in [-0.3, -0.25) is 14.5 Å². The van der Waals surface area contributed by atoms with E-state index in [1.165, 1.54) is 6.20 Å². The smallest absolute Gasteiger partial charge is 0.241 e. The second kappa shape index (κ2) is 13.7. The Balaban J connectivity index is 1.53. The summed E-state index contributed by atoms with van der Waals surface area (Å²) in [5.74, 6) is 2.42. The van der Waals surface area contributed by atoms with Crippen molar-refractivity contribution in [3.63, 3.8) is 0 Å². The summed E-state index contributed by atoms with van der Waals surface area (Å²) in [7, 11) is 0. The highest BCUT2D eigenvalue weighted by Crippen LogP contribution is 2.27. The van der Waals surface area contributed by atoms with Crippen molar-refractivity contribution < 1.29 is 14.3 Å². The van der Waals surface area contributed by atoms with Crippen LogP contribution >= 0.6 is 15.9 Å². The molecule has 39 heavy (non-hydrogen) atoms. The molecule has 0 saturated carbocycles. The van der Waals surface area contributed by atoms with Gasteiger partial charge in [-0.05, 0) is 72.0 Å². The molecule has 1 aliphatic heterocycles. The standard InChI is InChI=1S/C28H30BrN7O3/c1-2-12-39-27-23(29)17-31-28(35-27)34-22-15-20(32-25(37)18-36-10-6-7-11-36)14-21(16-22)33-26(38)24(30)13-19-8-4-3-5-9-19/h1,3-5,8-9,14-17,24H,6-7,10-13,18,30H2,(H,32,37)(H,33,38)(H,31,34,35)/t24-/m0/s1. The highest BCUT2D eigenvalue weighted by Gasteiger charge is 2.18. The van der Waals surface area contributed by atoms with Gasteiger partial charge in [-0.2, -0.15) is 4.98 Å². The van der Waals surface area contributed by atoms with Crippen molar-refractivity contribution in [2.75, 3.05) is 42.2 Å². The van der Waals surface area contributed by atoms with Gasteiger partial charge in [0, 0.05) is 17.1 Å². The number of terminal acetylenes is 1. The number of halogens is 1. The maximum absolute atomic E-state index is 12.9. The van der Waals surface area contributed by atoms with E-state index in [2.05, 4.69) is 52.7 Å². The molecule has 2 aromatic carbocycles.